The van der Waals surface area contributed by atoms with E-state index in [-0.39, 0.29) is 6.42 Å². The van der Waals surface area contributed by atoms with Gasteiger partial charge in [-0.1, -0.05) is 6.07 Å². The average molecular weight is 261 g/mol. The first-order valence-electron chi connectivity index (χ1n) is 5.78. The maximum atomic E-state index is 10.8. The molecule has 0 aliphatic carbocycles. The molecule has 1 heterocycles. The number of aromatic nitrogens is 1. The van der Waals surface area contributed by atoms with Crippen LogP contribution in [0.4, 0.5) is 0 Å². The van der Waals surface area contributed by atoms with Crippen LogP contribution in [0, 0.1) is 0 Å². The van der Waals surface area contributed by atoms with Crippen LogP contribution in [0.3, 0.4) is 0 Å². The first-order chi connectivity index (χ1) is 9.26. The van der Waals surface area contributed by atoms with E-state index in [0.717, 1.165) is 11.7 Å². The Hall–Kier alpha value is -2.30. The van der Waals surface area contributed by atoms with Gasteiger partial charge in [-0.15, -0.1) is 0 Å². The van der Waals surface area contributed by atoms with Crippen LogP contribution in [0.15, 0.2) is 18.2 Å². The van der Waals surface area contributed by atoms with Gasteiger partial charge in [0.2, 0.25) is 5.88 Å². The summed E-state index contributed by atoms with van der Waals surface area (Å²) in [6.07, 6.45) is 0.987. The van der Waals surface area contributed by atoms with Gasteiger partial charge in [-0.05, 0) is 12.1 Å². The van der Waals surface area contributed by atoms with Crippen molar-refractivity contribution in [2.45, 2.75) is 6.42 Å². The fraction of sp³-hybridized carbons (Fsp3) is 0.286. The van der Waals surface area contributed by atoms with Gasteiger partial charge in [0.25, 0.3) is 0 Å². The van der Waals surface area contributed by atoms with Gasteiger partial charge in [-0.2, -0.15) is 0 Å². The van der Waals surface area contributed by atoms with Crippen molar-refractivity contribution in [2.24, 2.45) is 0 Å². The third-order valence-electron chi connectivity index (χ3n) is 2.89. The van der Waals surface area contributed by atoms with E-state index in [1.165, 1.54) is 7.11 Å². The number of nitrogens with zero attached hydrogens (tertiary/aromatic N) is 1. The average Bonchev–Trinajstić information content (AvgIpc) is 2.46. The second-order valence-corrected chi connectivity index (χ2v) is 3.86. The highest BCUT2D eigenvalue weighted by molar-refractivity contribution is 5.92. The molecule has 100 valence electrons. The predicted octanol–water partition coefficient (Wildman–Crippen LogP) is 2.00. The van der Waals surface area contributed by atoms with Gasteiger partial charge in [0.05, 0.1) is 26.9 Å². The molecular formula is C14H15NO4. The minimum Gasteiger partial charge on any atom is -0.496 e. The number of pyridine rings is 1. The molecule has 0 unspecified atom stereocenters. The highest BCUT2D eigenvalue weighted by atomic mass is 16.5. The quantitative estimate of drug-likeness (QED) is 0.770. The molecule has 0 atom stereocenters. The van der Waals surface area contributed by atoms with E-state index in [0.29, 0.717) is 28.5 Å². The lowest BCUT2D eigenvalue weighted by Crippen LogP contribution is -2.02. The summed E-state index contributed by atoms with van der Waals surface area (Å²) in [5.74, 6) is 1.60. The molecule has 0 N–H and O–H groups in total. The van der Waals surface area contributed by atoms with E-state index in [1.807, 2.05) is 18.2 Å². The molecular weight excluding hydrogens is 246 g/mol. The van der Waals surface area contributed by atoms with Gasteiger partial charge in [0.15, 0.2) is 0 Å². The summed E-state index contributed by atoms with van der Waals surface area (Å²) in [6.45, 7) is 0. The Balaban J connectivity index is 2.84. The number of benzene rings is 1. The maximum absolute atomic E-state index is 10.8. The molecule has 0 aliphatic rings. The Morgan fingerprint density at radius 2 is 1.95 bits per heavy atom. The highest BCUT2D eigenvalue weighted by Gasteiger charge is 2.18. The number of hydrogen-bond acceptors (Lipinski definition) is 5. The van der Waals surface area contributed by atoms with Crippen LogP contribution in [-0.2, 0) is 11.2 Å². The number of hydrogen-bond donors (Lipinski definition) is 0. The monoisotopic (exact) mass is 261 g/mol. The molecule has 0 bridgehead atoms. The first-order valence-corrected chi connectivity index (χ1v) is 5.78. The van der Waals surface area contributed by atoms with Crippen molar-refractivity contribution in [1.82, 2.24) is 4.98 Å². The van der Waals surface area contributed by atoms with E-state index in [2.05, 4.69) is 4.98 Å². The van der Waals surface area contributed by atoms with Crippen LogP contribution in [0.25, 0.3) is 10.9 Å². The topological polar surface area (TPSA) is 57.6 Å². The van der Waals surface area contributed by atoms with Crippen LogP contribution in [0.1, 0.15) is 5.56 Å². The van der Waals surface area contributed by atoms with Gasteiger partial charge in [-0.3, -0.25) is 0 Å². The minimum absolute atomic E-state index is 0.187. The fourth-order valence-corrected chi connectivity index (χ4v) is 2.08. The van der Waals surface area contributed by atoms with Crippen LogP contribution in [0.2, 0.25) is 0 Å². The first kappa shape index (κ1) is 13.1. The van der Waals surface area contributed by atoms with Gasteiger partial charge < -0.3 is 19.0 Å². The summed E-state index contributed by atoms with van der Waals surface area (Å²) >= 11 is 0. The van der Waals surface area contributed by atoms with Crippen LogP contribution < -0.4 is 14.2 Å². The van der Waals surface area contributed by atoms with E-state index in [4.69, 9.17) is 14.2 Å². The summed E-state index contributed by atoms with van der Waals surface area (Å²) in [4.78, 5) is 15.2. The molecule has 2 aromatic rings. The molecule has 0 fully saturated rings. The molecule has 0 saturated carbocycles. The van der Waals surface area contributed by atoms with Gasteiger partial charge >= 0.3 is 0 Å². The van der Waals surface area contributed by atoms with Crippen LogP contribution in [0.5, 0.6) is 17.4 Å². The summed E-state index contributed by atoms with van der Waals surface area (Å²) in [7, 11) is 4.65. The van der Waals surface area contributed by atoms with Crippen molar-refractivity contribution in [3.05, 3.63) is 23.8 Å². The number of para-hydroxylation sites is 1. The van der Waals surface area contributed by atoms with Gasteiger partial charge in [0, 0.05) is 11.8 Å². The molecule has 0 spiro atoms. The zero-order valence-electron chi connectivity index (χ0n) is 11.1. The Kier molecular flexibility index (Phi) is 3.85. The lowest BCUT2D eigenvalue weighted by molar-refractivity contribution is -0.107. The molecule has 5 nitrogen and oxygen atoms in total. The lowest BCUT2D eigenvalue weighted by Gasteiger charge is -2.14. The van der Waals surface area contributed by atoms with Crippen molar-refractivity contribution in [2.75, 3.05) is 21.3 Å². The third kappa shape index (κ3) is 2.19. The Labute approximate surface area is 111 Å². The summed E-state index contributed by atoms with van der Waals surface area (Å²) in [6, 6.07) is 5.54. The van der Waals surface area contributed by atoms with Gasteiger partial charge in [-0.25, -0.2) is 4.98 Å². The molecule has 0 saturated heterocycles. The lowest BCUT2D eigenvalue weighted by atomic mass is 10.1. The number of carbonyl (C=O) groups is 1. The second-order valence-electron chi connectivity index (χ2n) is 3.86. The van der Waals surface area contributed by atoms with E-state index in [1.54, 1.807) is 14.2 Å². The Bertz CT molecular complexity index is 610. The van der Waals surface area contributed by atoms with E-state index in [9.17, 15) is 4.79 Å². The number of methoxy groups -OCH3 is 3. The SMILES string of the molecule is COc1nc2c(OC)cccc2c(OC)c1CC=O. The van der Waals surface area contributed by atoms with Crippen molar-refractivity contribution in [1.29, 1.82) is 0 Å². The second kappa shape index (κ2) is 5.56. The number of rotatable bonds is 5. The Morgan fingerprint density at radius 1 is 1.16 bits per heavy atom. The summed E-state index contributed by atoms with van der Waals surface area (Å²) < 4.78 is 15.9. The normalized spacial score (nSPS) is 10.3. The zero-order valence-corrected chi connectivity index (χ0v) is 11.1. The van der Waals surface area contributed by atoms with Gasteiger partial charge in [0.1, 0.15) is 23.3 Å². The minimum atomic E-state index is 0.187. The molecule has 19 heavy (non-hydrogen) atoms. The van der Waals surface area contributed by atoms with Crippen molar-refractivity contribution >= 4 is 17.2 Å². The summed E-state index contributed by atoms with van der Waals surface area (Å²) in [5, 5.41) is 0.791. The van der Waals surface area contributed by atoms with E-state index >= 15 is 0 Å². The molecule has 5 heteroatoms. The predicted molar refractivity (Wildman–Crippen MR) is 71.2 cm³/mol. The standard InChI is InChI=1S/C14H15NO4/c1-17-11-6-4-5-9-12(11)15-14(19-3)10(7-8-16)13(9)18-2/h4-6,8H,7H2,1-3H3. The molecule has 1 aromatic heterocycles. The number of carbonyl (C=O) groups excluding carboxylic acids is 1. The largest absolute Gasteiger partial charge is 0.496 e. The van der Waals surface area contributed by atoms with Crippen LogP contribution in [-0.4, -0.2) is 32.6 Å². The maximum Gasteiger partial charge on any atom is 0.221 e. The molecule has 0 amide bonds. The van der Waals surface area contributed by atoms with E-state index < -0.39 is 0 Å². The number of fused-ring (bicyclic) bond motifs is 1. The van der Waals surface area contributed by atoms with Crippen molar-refractivity contribution in [3.63, 3.8) is 0 Å². The summed E-state index contributed by atoms with van der Waals surface area (Å²) in [5.41, 5.74) is 1.29. The number of aldehydes is 1. The fourth-order valence-electron chi connectivity index (χ4n) is 2.08. The highest BCUT2D eigenvalue weighted by Crippen LogP contribution is 2.37. The molecule has 0 radical (unpaired) electrons. The van der Waals surface area contributed by atoms with Crippen LogP contribution >= 0.6 is 0 Å². The zero-order chi connectivity index (χ0) is 13.8. The smallest absolute Gasteiger partial charge is 0.221 e. The number of ether oxygens (including phenoxy) is 3. The molecule has 0 aliphatic heterocycles. The molecule has 1 aromatic carbocycles. The third-order valence-corrected chi connectivity index (χ3v) is 2.89. The Morgan fingerprint density at radius 3 is 2.53 bits per heavy atom. The van der Waals surface area contributed by atoms with Crippen molar-refractivity contribution in [3.8, 4) is 17.4 Å². The van der Waals surface area contributed by atoms with Crippen molar-refractivity contribution < 1.29 is 19.0 Å². The molecule has 2 rings (SSSR count).